The van der Waals surface area contributed by atoms with Gasteiger partial charge >= 0.3 is 5.97 Å². The molecule has 3 atom stereocenters. The van der Waals surface area contributed by atoms with Gasteiger partial charge in [0.1, 0.15) is 12.3 Å². The Balaban J connectivity index is 2.76. The fourth-order valence-electron chi connectivity index (χ4n) is 1.43. The van der Waals surface area contributed by atoms with Gasteiger partial charge in [-0.3, -0.25) is 4.79 Å². The average molecular weight is 263 g/mol. The van der Waals surface area contributed by atoms with Gasteiger partial charge in [-0.1, -0.05) is 0 Å². The summed E-state index contributed by atoms with van der Waals surface area (Å²) in [6, 6.07) is 0. The Morgan fingerprint density at radius 2 is 2.00 bits per heavy atom. The van der Waals surface area contributed by atoms with Gasteiger partial charge in [0.15, 0.2) is 0 Å². The lowest BCUT2D eigenvalue weighted by Crippen LogP contribution is -2.44. The number of ether oxygens (including phenoxy) is 2. The number of rotatable bonds is 3. The molecule has 0 aliphatic carbocycles. The lowest BCUT2D eigenvalue weighted by Gasteiger charge is -2.33. The molecule has 0 aromatic carbocycles. The number of sulfonamides is 1. The minimum Gasteiger partial charge on any atom is -0.456 e. The molecule has 0 amide bonds. The summed E-state index contributed by atoms with van der Waals surface area (Å²) in [4.78, 5) is 10.8. The van der Waals surface area contributed by atoms with Crippen LogP contribution in [0.15, 0.2) is 12.2 Å². The van der Waals surface area contributed by atoms with Crippen LogP contribution in [-0.2, 0) is 24.3 Å². The number of nitrogens with zero attached hydrogens (tertiary/aromatic N) is 1. The number of hydrogen-bond donors (Lipinski definition) is 0. The van der Waals surface area contributed by atoms with Crippen molar-refractivity contribution >= 4 is 16.0 Å². The Kier molecular flexibility index (Phi) is 4.29. The highest BCUT2D eigenvalue weighted by atomic mass is 32.2. The molecule has 0 radical (unpaired) electrons. The minimum absolute atomic E-state index is 0.391. The van der Waals surface area contributed by atoms with Gasteiger partial charge in [-0.15, -0.1) is 0 Å². The topological polar surface area (TPSA) is 72.9 Å². The molecule has 0 aromatic rings. The van der Waals surface area contributed by atoms with E-state index in [9.17, 15) is 13.2 Å². The molecule has 98 valence electrons. The third kappa shape index (κ3) is 3.79. The van der Waals surface area contributed by atoms with Gasteiger partial charge in [-0.2, -0.15) is 4.31 Å². The first-order chi connectivity index (χ1) is 7.71. The monoisotopic (exact) mass is 263 g/mol. The van der Waals surface area contributed by atoms with E-state index < -0.39 is 34.4 Å². The van der Waals surface area contributed by atoms with Crippen LogP contribution in [0, 0.1) is 0 Å². The van der Waals surface area contributed by atoms with E-state index in [1.165, 1.54) is 14.0 Å². The summed E-state index contributed by atoms with van der Waals surface area (Å²) >= 11 is 0. The van der Waals surface area contributed by atoms with Crippen molar-refractivity contribution in [3.05, 3.63) is 12.2 Å². The summed E-state index contributed by atoms with van der Waals surface area (Å²) in [6.07, 6.45) is 2.78. The van der Waals surface area contributed by atoms with Gasteiger partial charge in [0.25, 0.3) is 0 Å². The molecule has 0 fully saturated rings. The van der Waals surface area contributed by atoms with Gasteiger partial charge in [0.05, 0.1) is 12.4 Å². The third-order valence-electron chi connectivity index (χ3n) is 2.47. The molecule has 0 saturated heterocycles. The van der Waals surface area contributed by atoms with Crippen LogP contribution < -0.4 is 0 Å². The van der Waals surface area contributed by atoms with Crippen LogP contribution in [0.4, 0.5) is 0 Å². The normalized spacial score (nSPS) is 29.4. The summed E-state index contributed by atoms with van der Waals surface area (Å²) in [7, 11) is -1.88. The van der Waals surface area contributed by atoms with E-state index in [1.54, 1.807) is 19.1 Å². The predicted molar refractivity (Wildman–Crippen MR) is 61.6 cm³/mol. The number of carbonyl (C=O) groups excluding carboxylic acids is 1. The van der Waals surface area contributed by atoms with E-state index in [2.05, 4.69) is 0 Å². The molecule has 1 aliphatic heterocycles. The Morgan fingerprint density at radius 3 is 2.41 bits per heavy atom. The lowest BCUT2D eigenvalue weighted by molar-refractivity contribution is -0.155. The first-order valence-electron chi connectivity index (χ1n) is 5.16. The van der Waals surface area contributed by atoms with Crippen LogP contribution in [-0.4, -0.2) is 50.4 Å². The second-order valence-electron chi connectivity index (χ2n) is 3.97. The first kappa shape index (κ1) is 14.1. The molecule has 6 nitrogen and oxygen atoms in total. The van der Waals surface area contributed by atoms with Crippen molar-refractivity contribution < 1.29 is 22.7 Å². The molecular formula is C10H17NO5S. The zero-order chi connectivity index (χ0) is 13.2. The number of esters is 1. The van der Waals surface area contributed by atoms with Gasteiger partial charge < -0.3 is 9.47 Å². The fraction of sp³-hybridized carbons (Fsp3) is 0.700. The van der Waals surface area contributed by atoms with Crippen LogP contribution in [0.25, 0.3) is 0 Å². The second kappa shape index (κ2) is 5.16. The standard InChI is InChI=1S/C10H17NO5S/c1-7-9(16-8(2)12)5-6-10(15-7)11(3)17(4,13)14/h5-7,9-10H,1-4H3/t7-,9+,10-/m0/s1. The van der Waals surface area contributed by atoms with Gasteiger partial charge in [0.2, 0.25) is 10.0 Å². The Morgan fingerprint density at radius 1 is 1.41 bits per heavy atom. The van der Waals surface area contributed by atoms with Gasteiger partial charge in [-0.25, -0.2) is 8.42 Å². The van der Waals surface area contributed by atoms with E-state index >= 15 is 0 Å². The molecule has 1 rings (SSSR count). The number of hydrogen-bond acceptors (Lipinski definition) is 5. The third-order valence-corrected chi connectivity index (χ3v) is 3.72. The quantitative estimate of drug-likeness (QED) is 0.534. The van der Waals surface area contributed by atoms with Crippen molar-refractivity contribution in [3.8, 4) is 0 Å². The Hall–Kier alpha value is -0.920. The van der Waals surface area contributed by atoms with E-state index in [4.69, 9.17) is 9.47 Å². The maximum absolute atomic E-state index is 11.3. The molecule has 0 spiro atoms. The molecule has 17 heavy (non-hydrogen) atoms. The first-order valence-corrected chi connectivity index (χ1v) is 7.00. The molecule has 7 heteroatoms. The zero-order valence-electron chi connectivity index (χ0n) is 10.3. The zero-order valence-corrected chi connectivity index (χ0v) is 11.1. The predicted octanol–water partition coefficient (Wildman–Crippen LogP) is 0.111. The van der Waals surface area contributed by atoms with E-state index in [-0.39, 0.29) is 0 Å². The highest BCUT2D eigenvalue weighted by molar-refractivity contribution is 7.88. The van der Waals surface area contributed by atoms with Crippen molar-refractivity contribution in [2.24, 2.45) is 0 Å². The molecule has 0 bridgehead atoms. The largest absolute Gasteiger partial charge is 0.456 e. The van der Waals surface area contributed by atoms with Crippen LogP contribution in [0.1, 0.15) is 13.8 Å². The highest BCUT2D eigenvalue weighted by Crippen LogP contribution is 2.19. The summed E-state index contributed by atoms with van der Waals surface area (Å²) in [5.74, 6) is -0.398. The maximum atomic E-state index is 11.3. The van der Waals surface area contributed by atoms with Crippen molar-refractivity contribution in [1.82, 2.24) is 4.31 Å². The van der Waals surface area contributed by atoms with Crippen molar-refractivity contribution in [3.63, 3.8) is 0 Å². The van der Waals surface area contributed by atoms with Crippen LogP contribution in [0.3, 0.4) is 0 Å². The Bertz CT molecular complexity index is 416. The van der Waals surface area contributed by atoms with E-state index in [0.717, 1.165) is 10.6 Å². The van der Waals surface area contributed by atoms with E-state index in [1.807, 2.05) is 0 Å². The molecule has 0 unspecified atom stereocenters. The van der Waals surface area contributed by atoms with Crippen molar-refractivity contribution in [1.29, 1.82) is 0 Å². The summed E-state index contributed by atoms with van der Waals surface area (Å²) < 4.78 is 34.2. The van der Waals surface area contributed by atoms with Gasteiger partial charge in [0, 0.05) is 14.0 Å². The lowest BCUT2D eigenvalue weighted by atomic mass is 10.1. The maximum Gasteiger partial charge on any atom is 0.303 e. The smallest absolute Gasteiger partial charge is 0.303 e. The molecular weight excluding hydrogens is 246 g/mol. The van der Waals surface area contributed by atoms with Crippen molar-refractivity contribution in [2.45, 2.75) is 32.3 Å². The second-order valence-corrected chi connectivity index (χ2v) is 6.01. The Labute approximate surface area is 101 Å². The summed E-state index contributed by atoms with van der Waals surface area (Å²) in [6.45, 7) is 3.04. The van der Waals surface area contributed by atoms with E-state index in [0.29, 0.717) is 0 Å². The fourth-order valence-corrected chi connectivity index (χ4v) is 1.92. The van der Waals surface area contributed by atoms with Crippen LogP contribution >= 0.6 is 0 Å². The van der Waals surface area contributed by atoms with Crippen LogP contribution in [0.5, 0.6) is 0 Å². The SMILES string of the molecule is CC(=O)O[C@@H]1C=C[C@@H](N(C)S(C)(=O)=O)O[C@H]1C. The average Bonchev–Trinajstić information content (AvgIpc) is 2.18. The molecule has 1 heterocycles. The number of likely N-dealkylation sites (N-methyl/N-ethyl adjacent to an activating group) is 1. The van der Waals surface area contributed by atoms with Crippen molar-refractivity contribution in [2.75, 3.05) is 13.3 Å². The minimum atomic E-state index is -3.32. The van der Waals surface area contributed by atoms with Crippen LogP contribution in [0.2, 0.25) is 0 Å². The summed E-state index contributed by atoms with van der Waals surface area (Å²) in [5.41, 5.74) is 0. The number of carbonyl (C=O) groups is 1. The molecule has 0 saturated carbocycles. The highest BCUT2D eigenvalue weighted by Gasteiger charge is 2.30. The summed E-state index contributed by atoms with van der Waals surface area (Å²) in [5, 5.41) is 0. The van der Waals surface area contributed by atoms with Gasteiger partial charge in [-0.05, 0) is 19.1 Å². The molecule has 0 aromatic heterocycles. The molecule has 1 aliphatic rings. The molecule has 0 N–H and O–H groups in total.